The molecule has 1 aromatic heterocycles. The summed E-state index contributed by atoms with van der Waals surface area (Å²) >= 11 is 4.04. The Hall–Kier alpha value is -4.36. The maximum absolute atomic E-state index is 13.6. The number of H-pyrrole nitrogens is 1. The molecule has 0 aliphatic heterocycles. The molecule has 0 aliphatic carbocycles. The first-order chi connectivity index (χ1) is 19.6. The number of rotatable bonds is 15. The summed E-state index contributed by atoms with van der Waals surface area (Å²) in [5.41, 5.74) is 8.02. The van der Waals surface area contributed by atoms with E-state index in [1.54, 1.807) is 36.5 Å². The lowest BCUT2D eigenvalue weighted by Gasteiger charge is -2.25. The van der Waals surface area contributed by atoms with Crippen LogP contribution < -0.4 is 21.7 Å². The Bertz CT molecular complexity index is 1380. The van der Waals surface area contributed by atoms with Gasteiger partial charge >= 0.3 is 11.9 Å². The molecule has 13 heteroatoms. The third-order valence-corrected chi connectivity index (χ3v) is 6.84. The maximum atomic E-state index is 13.6. The molecular formula is C28H33N5O7S. The largest absolute Gasteiger partial charge is 0.481 e. The lowest BCUT2D eigenvalue weighted by molar-refractivity contribution is -0.143. The van der Waals surface area contributed by atoms with E-state index in [9.17, 15) is 29.1 Å². The second-order valence-electron chi connectivity index (χ2n) is 9.50. The van der Waals surface area contributed by atoms with Crippen LogP contribution in [-0.2, 0) is 36.8 Å². The number of carbonyl (C=O) groups excluding carboxylic acids is 3. The van der Waals surface area contributed by atoms with Crippen LogP contribution in [0, 0.1) is 0 Å². The molecule has 4 unspecified atom stereocenters. The average Bonchev–Trinajstić information content (AvgIpc) is 3.36. The summed E-state index contributed by atoms with van der Waals surface area (Å²) in [7, 11) is 0. The van der Waals surface area contributed by atoms with E-state index < -0.39 is 60.2 Å². The summed E-state index contributed by atoms with van der Waals surface area (Å²) in [5.74, 6) is -4.69. The van der Waals surface area contributed by atoms with Crippen LogP contribution in [0.1, 0.15) is 24.0 Å². The Labute approximate surface area is 241 Å². The first-order valence-electron chi connectivity index (χ1n) is 12.9. The van der Waals surface area contributed by atoms with E-state index in [-0.39, 0.29) is 25.0 Å². The number of aromatic amines is 1. The number of amides is 3. The normalized spacial score (nSPS) is 13.9. The summed E-state index contributed by atoms with van der Waals surface area (Å²) in [4.78, 5) is 65.4. The van der Waals surface area contributed by atoms with Crippen LogP contribution in [0.4, 0.5) is 0 Å². The molecule has 0 fully saturated rings. The van der Waals surface area contributed by atoms with Gasteiger partial charge in [-0.2, -0.15) is 12.6 Å². The van der Waals surface area contributed by atoms with Gasteiger partial charge in [0.1, 0.15) is 18.1 Å². The number of nitrogens with two attached hydrogens (primary N) is 1. The number of thiol groups is 1. The lowest BCUT2D eigenvalue weighted by Crippen LogP contribution is -2.58. The highest BCUT2D eigenvalue weighted by atomic mass is 32.1. The zero-order valence-electron chi connectivity index (χ0n) is 22.1. The van der Waals surface area contributed by atoms with Gasteiger partial charge in [-0.15, -0.1) is 0 Å². The molecule has 0 saturated carbocycles. The number of benzene rings is 2. The van der Waals surface area contributed by atoms with Gasteiger partial charge < -0.3 is 36.9 Å². The number of hydrogen-bond donors (Lipinski definition) is 8. The molecule has 12 nitrogen and oxygen atoms in total. The highest BCUT2D eigenvalue weighted by Gasteiger charge is 2.31. The predicted octanol–water partition coefficient (Wildman–Crippen LogP) is 0.614. The first-order valence-corrected chi connectivity index (χ1v) is 13.5. The van der Waals surface area contributed by atoms with Crippen molar-refractivity contribution in [2.24, 2.45) is 5.73 Å². The molecule has 41 heavy (non-hydrogen) atoms. The number of carboxylic acids is 2. The molecule has 0 aliphatic rings. The molecule has 3 aromatic rings. The predicted molar refractivity (Wildman–Crippen MR) is 154 cm³/mol. The molecule has 3 amide bonds. The average molecular weight is 584 g/mol. The Morgan fingerprint density at radius 2 is 1.39 bits per heavy atom. The summed E-state index contributed by atoms with van der Waals surface area (Å²) in [6.07, 6.45) is 0.932. The SMILES string of the molecule is NC(CS)C(=O)NC(Cc1ccccc1)C(=O)NC(Cc1c[nH]c2ccccc12)C(=O)NC(CCC(=O)O)C(=O)O. The van der Waals surface area contributed by atoms with Crippen molar-refractivity contribution in [3.8, 4) is 0 Å². The van der Waals surface area contributed by atoms with Crippen molar-refractivity contribution in [1.29, 1.82) is 0 Å². The van der Waals surface area contributed by atoms with Crippen LogP contribution in [0.2, 0.25) is 0 Å². The van der Waals surface area contributed by atoms with E-state index in [0.29, 0.717) is 5.56 Å². The van der Waals surface area contributed by atoms with E-state index in [2.05, 4.69) is 33.6 Å². The van der Waals surface area contributed by atoms with Gasteiger partial charge in [0.15, 0.2) is 0 Å². The number of aliphatic carboxylic acids is 2. The van der Waals surface area contributed by atoms with Crippen LogP contribution in [0.5, 0.6) is 0 Å². The van der Waals surface area contributed by atoms with Gasteiger partial charge in [-0.1, -0.05) is 48.5 Å². The van der Waals surface area contributed by atoms with Crippen LogP contribution in [0.3, 0.4) is 0 Å². The Kier molecular flexibility index (Phi) is 11.3. The number of carboxylic acid groups (broad SMARTS) is 2. The van der Waals surface area contributed by atoms with E-state index in [4.69, 9.17) is 10.8 Å². The van der Waals surface area contributed by atoms with Crippen molar-refractivity contribution < 1.29 is 34.2 Å². The number of hydrogen-bond acceptors (Lipinski definition) is 7. The molecule has 3 rings (SSSR count). The number of nitrogens with one attached hydrogen (secondary N) is 4. The zero-order chi connectivity index (χ0) is 29.9. The van der Waals surface area contributed by atoms with Gasteiger partial charge in [-0.3, -0.25) is 19.2 Å². The molecule has 2 aromatic carbocycles. The molecule has 0 bridgehead atoms. The Morgan fingerprint density at radius 1 is 0.805 bits per heavy atom. The van der Waals surface area contributed by atoms with Crippen LogP contribution in [0.15, 0.2) is 60.8 Å². The molecule has 4 atom stereocenters. The summed E-state index contributed by atoms with van der Waals surface area (Å²) in [6, 6.07) is 11.4. The fourth-order valence-electron chi connectivity index (χ4n) is 4.22. The summed E-state index contributed by atoms with van der Waals surface area (Å²) in [6.45, 7) is 0. The molecule has 0 saturated heterocycles. The summed E-state index contributed by atoms with van der Waals surface area (Å²) < 4.78 is 0. The van der Waals surface area contributed by atoms with Gasteiger partial charge in [0.2, 0.25) is 17.7 Å². The highest BCUT2D eigenvalue weighted by Crippen LogP contribution is 2.19. The van der Waals surface area contributed by atoms with Crippen molar-refractivity contribution in [1.82, 2.24) is 20.9 Å². The minimum Gasteiger partial charge on any atom is -0.481 e. The Balaban J connectivity index is 1.89. The monoisotopic (exact) mass is 583 g/mol. The van der Waals surface area contributed by atoms with Gasteiger partial charge in [-0.25, -0.2) is 4.79 Å². The molecule has 218 valence electrons. The molecule has 1 heterocycles. The topological polar surface area (TPSA) is 204 Å². The van der Waals surface area contributed by atoms with Crippen molar-refractivity contribution in [2.75, 3.05) is 5.75 Å². The summed E-state index contributed by atoms with van der Waals surface area (Å²) in [5, 5.41) is 27.0. The Morgan fingerprint density at radius 3 is 2.02 bits per heavy atom. The third kappa shape index (κ3) is 9.08. The van der Waals surface area contributed by atoms with Crippen molar-refractivity contribution in [3.05, 3.63) is 71.9 Å². The quantitative estimate of drug-likeness (QED) is 0.119. The van der Waals surface area contributed by atoms with E-state index >= 15 is 0 Å². The minimum atomic E-state index is -1.49. The number of para-hydroxylation sites is 1. The van der Waals surface area contributed by atoms with Crippen LogP contribution in [-0.4, -0.2) is 74.8 Å². The van der Waals surface area contributed by atoms with E-state index in [0.717, 1.165) is 16.5 Å². The van der Waals surface area contributed by atoms with Gasteiger partial charge in [0.25, 0.3) is 0 Å². The highest BCUT2D eigenvalue weighted by molar-refractivity contribution is 7.80. The molecule has 0 spiro atoms. The van der Waals surface area contributed by atoms with Crippen molar-refractivity contribution in [3.63, 3.8) is 0 Å². The maximum Gasteiger partial charge on any atom is 0.326 e. The standard InChI is InChI=1S/C28H33N5O7S/c29-19(15-41)25(36)32-22(12-16-6-2-1-3-7-16)26(37)33-23(13-17-14-30-20-9-5-4-8-18(17)20)27(38)31-21(28(39)40)10-11-24(34)35/h1-9,14,19,21-23,30,41H,10-13,15,29H2,(H,31,38)(H,32,36)(H,33,37)(H,34,35)(H,39,40). The number of aromatic nitrogens is 1. The van der Waals surface area contributed by atoms with Crippen molar-refractivity contribution in [2.45, 2.75) is 49.9 Å². The van der Waals surface area contributed by atoms with Crippen molar-refractivity contribution >= 4 is 53.2 Å². The fourth-order valence-corrected chi connectivity index (χ4v) is 4.39. The van der Waals surface area contributed by atoms with E-state index in [1.165, 1.54) is 0 Å². The molecular weight excluding hydrogens is 550 g/mol. The third-order valence-electron chi connectivity index (χ3n) is 6.44. The minimum absolute atomic E-state index is 0.0188. The van der Waals surface area contributed by atoms with Gasteiger partial charge in [0.05, 0.1) is 6.04 Å². The van der Waals surface area contributed by atoms with Crippen LogP contribution in [0.25, 0.3) is 10.9 Å². The van der Waals surface area contributed by atoms with Gasteiger partial charge in [0, 0.05) is 42.1 Å². The lowest BCUT2D eigenvalue weighted by atomic mass is 10.0. The first kappa shape index (κ1) is 31.2. The second kappa shape index (κ2) is 14.9. The number of fused-ring (bicyclic) bond motifs is 1. The zero-order valence-corrected chi connectivity index (χ0v) is 23.0. The van der Waals surface area contributed by atoms with Crippen LogP contribution >= 0.6 is 12.6 Å². The van der Waals surface area contributed by atoms with E-state index in [1.807, 2.05) is 24.3 Å². The molecule has 8 N–H and O–H groups in total. The fraction of sp³-hybridized carbons (Fsp3) is 0.321. The van der Waals surface area contributed by atoms with Gasteiger partial charge in [-0.05, 0) is 23.6 Å². The smallest absolute Gasteiger partial charge is 0.326 e. The number of carbonyl (C=O) groups is 5. The second-order valence-corrected chi connectivity index (χ2v) is 9.86. The molecule has 0 radical (unpaired) electrons.